The van der Waals surface area contributed by atoms with Gasteiger partial charge in [-0.15, -0.1) is 0 Å². The van der Waals surface area contributed by atoms with Gasteiger partial charge < -0.3 is 9.47 Å². The Bertz CT molecular complexity index is 715. The number of carbonyl (C=O) groups excluding carboxylic acids is 1. The summed E-state index contributed by atoms with van der Waals surface area (Å²) in [5.41, 5.74) is -0.0406. The van der Waals surface area contributed by atoms with Gasteiger partial charge in [-0.2, -0.15) is 4.98 Å². The van der Waals surface area contributed by atoms with Gasteiger partial charge >= 0.3 is 12.1 Å². The maximum atomic E-state index is 13.7. The van der Waals surface area contributed by atoms with Crippen LogP contribution in [0.4, 0.5) is 19.4 Å². The van der Waals surface area contributed by atoms with E-state index >= 15 is 0 Å². The van der Waals surface area contributed by atoms with Crippen LogP contribution in [0.25, 0.3) is 0 Å². The minimum Gasteiger partial charge on any atom is -0.459 e. The van der Waals surface area contributed by atoms with Crippen molar-refractivity contribution in [2.75, 3.05) is 5.32 Å². The highest BCUT2D eigenvalue weighted by Gasteiger charge is 2.18. The Kier molecular flexibility index (Phi) is 5.28. The van der Waals surface area contributed by atoms with Crippen molar-refractivity contribution in [3.05, 3.63) is 47.7 Å². The molecule has 24 heavy (non-hydrogen) atoms. The van der Waals surface area contributed by atoms with Crippen LogP contribution in [0.5, 0.6) is 6.01 Å². The number of halogens is 2. The van der Waals surface area contributed by atoms with E-state index in [2.05, 4.69) is 15.3 Å². The lowest BCUT2D eigenvalue weighted by Crippen LogP contribution is -2.27. The molecule has 1 aromatic heterocycles. The number of nitrogens with zero attached hydrogens (tertiary/aromatic N) is 2. The van der Waals surface area contributed by atoms with Gasteiger partial charge in [0.25, 0.3) is 0 Å². The zero-order valence-electron chi connectivity index (χ0n) is 13.5. The predicted octanol–water partition coefficient (Wildman–Crippen LogP) is 3.68. The van der Waals surface area contributed by atoms with Crippen LogP contribution >= 0.6 is 0 Å². The van der Waals surface area contributed by atoms with Crippen LogP contribution in [-0.2, 0) is 11.3 Å². The monoisotopic (exact) mass is 337 g/mol. The summed E-state index contributed by atoms with van der Waals surface area (Å²) in [6, 6.07) is 5.53. The molecule has 1 aromatic carbocycles. The Balaban J connectivity index is 2.02. The van der Waals surface area contributed by atoms with Gasteiger partial charge in [0.05, 0.1) is 6.20 Å². The van der Waals surface area contributed by atoms with E-state index in [0.717, 1.165) is 6.20 Å². The van der Waals surface area contributed by atoms with Crippen molar-refractivity contribution >= 4 is 11.9 Å². The van der Waals surface area contributed by atoms with Gasteiger partial charge in [0, 0.05) is 0 Å². The van der Waals surface area contributed by atoms with Crippen molar-refractivity contribution in [2.24, 2.45) is 0 Å². The average molecular weight is 337 g/mol. The number of anilines is 1. The van der Waals surface area contributed by atoms with E-state index in [4.69, 9.17) is 9.47 Å². The average Bonchev–Trinajstić information content (AvgIpc) is 2.48. The first-order valence-corrected chi connectivity index (χ1v) is 7.13. The van der Waals surface area contributed by atoms with Crippen molar-refractivity contribution < 1.29 is 23.0 Å². The van der Waals surface area contributed by atoms with Crippen molar-refractivity contribution in [1.29, 1.82) is 0 Å². The molecule has 2 rings (SSSR count). The van der Waals surface area contributed by atoms with Crippen LogP contribution in [0, 0.1) is 11.6 Å². The van der Waals surface area contributed by atoms with Crippen LogP contribution in [0.3, 0.4) is 0 Å². The molecule has 2 aromatic rings. The third kappa shape index (κ3) is 5.45. The molecule has 0 radical (unpaired) electrons. The van der Waals surface area contributed by atoms with Gasteiger partial charge in [-0.25, -0.2) is 18.6 Å². The molecule has 0 fully saturated rings. The topological polar surface area (TPSA) is 73.3 Å². The fourth-order valence-electron chi connectivity index (χ4n) is 1.64. The Morgan fingerprint density at radius 3 is 2.50 bits per heavy atom. The first-order chi connectivity index (χ1) is 11.2. The summed E-state index contributed by atoms with van der Waals surface area (Å²) in [5.74, 6) is -1.54. The highest BCUT2D eigenvalue weighted by atomic mass is 19.1. The van der Waals surface area contributed by atoms with Crippen molar-refractivity contribution in [3.63, 3.8) is 0 Å². The molecule has 0 saturated heterocycles. The molecule has 1 heterocycles. The molecule has 0 spiro atoms. The number of hydrogen-bond donors (Lipinski definition) is 1. The number of ether oxygens (including phenoxy) is 2. The molecule has 0 unspecified atom stereocenters. The summed E-state index contributed by atoms with van der Waals surface area (Å²) in [4.78, 5) is 19.1. The van der Waals surface area contributed by atoms with E-state index in [-0.39, 0.29) is 24.3 Å². The quantitative estimate of drug-likeness (QED) is 0.921. The van der Waals surface area contributed by atoms with Crippen LogP contribution in [0.2, 0.25) is 0 Å². The van der Waals surface area contributed by atoms with Gasteiger partial charge in [-0.1, -0.05) is 12.1 Å². The molecule has 1 N–H and O–H groups in total. The number of hydrogen-bond acceptors (Lipinski definition) is 5. The second-order valence-corrected chi connectivity index (χ2v) is 5.89. The summed E-state index contributed by atoms with van der Waals surface area (Å²) in [5, 5.41) is 2.20. The molecular formula is C16H17F2N3O3. The summed E-state index contributed by atoms with van der Waals surface area (Å²) in [6.45, 7) is 5.11. The van der Waals surface area contributed by atoms with Crippen molar-refractivity contribution in [3.8, 4) is 6.01 Å². The van der Waals surface area contributed by atoms with Gasteiger partial charge in [-0.05, 0) is 38.5 Å². The molecule has 0 atom stereocenters. The summed E-state index contributed by atoms with van der Waals surface area (Å²) < 4.78 is 36.8. The first kappa shape index (κ1) is 17.6. The summed E-state index contributed by atoms with van der Waals surface area (Å²) in [6.07, 6.45) is 0.0317. The normalized spacial score (nSPS) is 11.0. The molecule has 0 bridgehead atoms. The second kappa shape index (κ2) is 7.20. The lowest BCUT2D eigenvalue weighted by atomic mass is 10.2. The van der Waals surface area contributed by atoms with E-state index in [1.54, 1.807) is 32.9 Å². The molecule has 0 saturated carbocycles. The first-order valence-electron chi connectivity index (χ1n) is 7.13. The SMILES string of the molecule is CC(C)(C)OC(=O)Nc1nc(OCc2ccc(F)cc2)ncc1F. The maximum absolute atomic E-state index is 13.7. The fourth-order valence-corrected chi connectivity index (χ4v) is 1.64. The minimum atomic E-state index is -0.843. The maximum Gasteiger partial charge on any atom is 0.413 e. The van der Waals surface area contributed by atoms with Crippen LogP contribution in [0.15, 0.2) is 30.5 Å². The molecule has 8 heteroatoms. The number of benzene rings is 1. The fraction of sp³-hybridized carbons (Fsp3) is 0.312. The molecule has 1 amide bonds. The standard InChI is InChI=1S/C16H17F2N3O3/c1-16(2,3)24-15(22)21-13-12(18)8-19-14(20-13)23-9-10-4-6-11(17)7-5-10/h4-8H,9H2,1-3H3,(H,19,20,21,22). The number of amides is 1. The van der Waals surface area contributed by atoms with E-state index in [9.17, 15) is 13.6 Å². The van der Waals surface area contributed by atoms with E-state index in [1.165, 1.54) is 12.1 Å². The highest BCUT2D eigenvalue weighted by molar-refractivity contribution is 5.83. The third-order valence-corrected chi connectivity index (χ3v) is 2.62. The van der Waals surface area contributed by atoms with Crippen LogP contribution < -0.4 is 10.1 Å². The zero-order valence-corrected chi connectivity index (χ0v) is 13.5. The van der Waals surface area contributed by atoms with E-state index < -0.39 is 17.5 Å². The van der Waals surface area contributed by atoms with E-state index in [0.29, 0.717) is 5.56 Å². The molecule has 6 nitrogen and oxygen atoms in total. The minimum absolute atomic E-state index is 0.0673. The molecule has 0 aliphatic carbocycles. The third-order valence-electron chi connectivity index (χ3n) is 2.62. The number of nitrogens with one attached hydrogen (secondary N) is 1. The molecule has 0 aliphatic heterocycles. The lowest BCUT2D eigenvalue weighted by Gasteiger charge is -2.19. The van der Waals surface area contributed by atoms with Gasteiger partial charge in [-0.3, -0.25) is 5.32 Å². The van der Waals surface area contributed by atoms with Gasteiger partial charge in [0.1, 0.15) is 18.0 Å². The summed E-state index contributed by atoms with van der Waals surface area (Å²) in [7, 11) is 0. The smallest absolute Gasteiger partial charge is 0.413 e. The Morgan fingerprint density at radius 1 is 1.21 bits per heavy atom. The van der Waals surface area contributed by atoms with Gasteiger partial charge in [0.15, 0.2) is 11.6 Å². The Morgan fingerprint density at radius 2 is 1.88 bits per heavy atom. The number of aromatic nitrogens is 2. The van der Waals surface area contributed by atoms with Gasteiger partial charge in [0.2, 0.25) is 0 Å². The number of carbonyl (C=O) groups is 1. The molecular weight excluding hydrogens is 320 g/mol. The van der Waals surface area contributed by atoms with Crippen molar-refractivity contribution in [2.45, 2.75) is 33.0 Å². The second-order valence-electron chi connectivity index (χ2n) is 5.89. The zero-order chi connectivity index (χ0) is 17.7. The summed E-state index contributed by atoms with van der Waals surface area (Å²) >= 11 is 0. The Hall–Kier alpha value is -2.77. The number of rotatable bonds is 4. The molecule has 128 valence electrons. The highest BCUT2D eigenvalue weighted by Crippen LogP contribution is 2.16. The lowest BCUT2D eigenvalue weighted by molar-refractivity contribution is 0.0634. The Labute approximate surface area is 137 Å². The van der Waals surface area contributed by atoms with Crippen LogP contribution in [-0.4, -0.2) is 21.7 Å². The predicted molar refractivity (Wildman–Crippen MR) is 82.6 cm³/mol. The van der Waals surface area contributed by atoms with Crippen LogP contribution in [0.1, 0.15) is 26.3 Å². The van der Waals surface area contributed by atoms with E-state index in [1.807, 2.05) is 0 Å². The van der Waals surface area contributed by atoms with Crippen molar-refractivity contribution in [1.82, 2.24) is 9.97 Å². The largest absolute Gasteiger partial charge is 0.459 e. The molecule has 0 aliphatic rings.